The molecule has 7 nitrogen and oxygen atoms in total. The monoisotopic (exact) mass is 454 g/mol. The van der Waals surface area contributed by atoms with E-state index in [1.807, 2.05) is 0 Å². The van der Waals surface area contributed by atoms with E-state index in [9.17, 15) is 14.0 Å². The summed E-state index contributed by atoms with van der Waals surface area (Å²) in [5.74, 6) is 0.126. The molecule has 0 N–H and O–H groups in total. The van der Waals surface area contributed by atoms with Crippen molar-refractivity contribution in [1.29, 1.82) is 0 Å². The molecule has 0 aliphatic carbocycles. The Kier molecular flexibility index (Phi) is 7.06. The number of amides is 1. The molecule has 0 spiro atoms. The van der Waals surface area contributed by atoms with Crippen LogP contribution >= 0.6 is 0 Å². The number of anilines is 1. The van der Waals surface area contributed by atoms with E-state index in [1.165, 1.54) is 33.7 Å². The van der Waals surface area contributed by atoms with Crippen molar-refractivity contribution in [2.45, 2.75) is 33.0 Å². The van der Waals surface area contributed by atoms with Gasteiger partial charge in [-0.25, -0.2) is 18.5 Å². The highest BCUT2D eigenvalue weighted by molar-refractivity contribution is 5.91. The largest absolute Gasteiger partial charge is 0.487 e. The molecule has 1 aromatic heterocycles. The van der Waals surface area contributed by atoms with Crippen molar-refractivity contribution in [1.82, 2.24) is 4.57 Å². The minimum absolute atomic E-state index is 0.0477. The Morgan fingerprint density at radius 2 is 1.82 bits per heavy atom. The lowest BCUT2D eigenvalue weighted by atomic mass is 10.2. The molecular weight excluding hydrogens is 427 g/mol. The minimum Gasteiger partial charge on any atom is -0.487 e. The summed E-state index contributed by atoms with van der Waals surface area (Å²) in [5.41, 5.74) is 0.966. The lowest BCUT2D eigenvalue weighted by Crippen LogP contribution is -2.28. The molecule has 33 heavy (non-hydrogen) atoms. The molecule has 1 amide bonds. The molecule has 0 radical (unpaired) electrons. The lowest BCUT2D eigenvalue weighted by molar-refractivity contribution is 0.0535. The maximum Gasteiger partial charge on any atom is 0.419 e. The fourth-order valence-corrected chi connectivity index (χ4v) is 3.13. The van der Waals surface area contributed by atoms with Crippen LogP contribution in [0, 0.1) is 5.82 Å². The lowest BCUT2D eigenvalue weighted by Gasteiger charge is -2.21. The van der Waals surface area contributed by atoms with Crippen LogP contribution < -0.4 is 9.64 Å². The molecule has 0 aliphatic heterocycles. The number of halogens is 1. The SMILES string of the molecule is C=CCOC(=O)N(C)c1ccc(OCc2cc3cc(F)ccc3n2C(=O)OC(C)(C)C)cc1. The van der Waals surface area contributed by atoms with E-state index in [4.69, 9.17) is 14.2 Å². The van der Waals surface area contributed by atoms with Gasteiger partial charge >= 0.3 is 12.2 Å². The number of carbonyl (C=O) groups is 2. The molecule has 3 aromatic rings. The van der Waals surface area contributed by atoms with Gasteiger partial charge in [0.25, 0.3) is 0 Å². The molecule has 0 atom stereocenters. The van der Waals surface area contributed by atoms with Crippen LogP contribution in [0.25, 0.3) is 10.9 Å². The van der Waals surface area contributed by atoms with Gasteiger partial charge < -0.3 is 14.2 Å². The number of fused-ring (bicyclic) bond motifs is 1. The van der Waals surface area contributed by atoms with Crippen LogP contribution in [0.4, 0.5) is 19.7 Å². The predicted octanol–water partition coefficient (Wildman–Crippen LogP) is 5.90. The second kappa shape index (κ2) is 9.77. The standard InChI is InChI=1S/C25H27FN2O5/c1-6-13-31-23(29)27(5)19-8-10-21(11-9-19)32-16-20-15-17-14-18(26)7-12-22(17)28(20)24(30)33-25(2,3)4/h6-12,14-15H,1,13,16H2,2-5H3. The second-order valence-electron chi connectivity index (χ2n) is 8.36. The molecule has 0 fully saturated rings. The van der Waals surface area contributed by atoms with Crippen molar-refractivity contribution < 1.29 is 28.2 Å². The summed E-state index contributed by atoms with van der Waals surface area (Å²) in [5, 5.41) is 0.564. The van der Waals surface area contributed by atoms with Crippen molar-refractivity contribution in [2.75, 3.05) is 18.6 Å². The van der Waals surface area contributed by atoms with Crippen LogP contribution in [0.1, 0.15) is 26.5 Å². The van der Waals surface area contributed by atoms with Gasteiger partial charge in [0.15, 0.2) is 0 Å². The minimum atomic E-state index is -0.694. The van der Waals surface area contributed by atoms with E-state index < -0.39 is 23.6 Å². The first-order valence-corrected chi connectivity index (χ1v) is 10.4. The van der Waals surface area contributed by atoms with Gasteiger partial charge in [0.1, 0.15) is 30.4 Å². The Labute approximate surface area is 192 Å². The molecular formula is C25H27FN2O5. The average molecular weight is 454 g/mol. The molecule has 2 aromatic carbocycles. The highest BCUT2D eigenvalue weighted by Crippen LogP contribution is 2.25. The van der Waals surface area contributed by atoms with E-state index in [1.54, 1.807) is 58.2 Å². The first kappa shape index (κ1) is 23.8. The summed E-state index contributed by atoms with van der Waals surface area (Å²) in [6.45, 7) is 9.01. The maximum atomic E-state index is 13.7. The molecule has 0 saturated carbocycles. The van der Waals surface area contributed by atoms with Crippen molar-refractivity contribution >= 4 is 28.8 Å². The second-order valence-corrected chi connectivity index (χ2v) is 8.36. The Balaban J connectivity index is 1.79. The zero-order valence-electron chi connectivity index (χ0n) is 19.1. The number of ether oxygens (including phenoxy) is 3. The van der Waals surface area contributed by atoms with Crippen LogP contribution in [-0.4, -0.2) is 36.0 Å². The van der Waals surface area contributed by atoms with Gasteiger partial charge in [-0.3, -0.25) is 4.90 Å². The van der Waals surface area contributed by atoms with Crippen molar-refractivity contribution in [3.05, 3.63) is 72.7 Å². The third kappa shape index (κ3) is 5.91. The molecule has 3 rings (SSSR count). The molecule has 0 saturated heterocycles. The van der Waals surface area contributed by atoms with Gasteiger partial charge in [-0.05, 0) is 69.3 Å². The Hall–Kier alpha value is -3.81. The van der Waals surface area contributed by atoms with E-state index in [0.717, 1.165) is 0 Å². The van der Waals surface area contributed by atoms with Crippen LogP contribution in [0.15, 0.2) is 61.2 Å². The fourth-order valence-electron chi connectivity index (χ4n) is 3.13. The van der Waals surface area contributed by atoms with Crippen LogP contribution in [-0.2, 0) is 16.1 Å². The van der Waals surface area contributed by atoms with Crippen molar-refractivity contribution in [3.8, 4) is 5.75 Å². The van der Waals surface area contributed by atoms with Gasteiger partial charge in [-0.1, -0.05) is 12.7 Å². The summed E-state index contributed by atoms with van der Waals surface area (Å²) in [7, 11) is 1.60. The number of carbonyl (C=O) groups excluding carboxylic acids is 2. The number of nitrogens with zero attached hydrogens (tertiary/aromatic N) is 2. The van der Waals surface area contributed by atoms with E-state index in [2.05, 4.69) is 6.58 Å². The van der Waals surface area contributed by atoms with Crippen LogP contribution in [0.5, 0.6) is 5.75 Å². The summed E-state index contributed by atoms with van der Waals surface area (Å²) in [6, 6.07) is 12.7. The molecule has 8 heteroatoms. The number of rotatable bonds is 6. The summed E-state index contributed by atoms with van der Waals surface area (Å²) >= 11 is 0. The average Bonchev–Trinajstić information content (AvgIpc) is 3.12. The van der Waals surface area contributed by atoms with Crippen LogP contribution in [0.3, 0.4) is 0 Å². The highest BCUT2D eigenvalue weighted by atomic mass is 19.1. The zero-order chi connectivity index (χ0) is 24.2. The summed E-state index contributed by atoms with van der Waals surface area (Å²) < 4.78 is 31.5. The highest BCUT2D eigenvalue weighted by Gasteiger charge is 2.22. The number of hydrogen-bond acceptors (Lipinski definition) is 5. The van der Waals surface area contributed by atoms with Gasteiger partial charge in [0, 0.05) is 18.1 Å². The Bertz CT molecular complexity index is 1160. The van der Waals surface area contributed by atoms with Gasteiger partial charge in [-0.2, -0.15) is 0 Å². The number of aromatic nitrogens is 1. The summed E-state index contributed by atoms with van der Waals surface area (Å²) in [4.78, 5) is 26.2. The normalized spacial score (nSPS) is 11.2. The quantitative estimate of drug-likeness (QED) is 0.434. The molecule has 0 bridgehead atoms. The zero-order valence-corrected chi connectivity index (χ0v) is 19.1. The Morgan fingerprint density at radius 3 is 2.45 bits per heavy atom. The third-order valence-corrected chi connectivity index (χ3v) is 4.63. The molecule has 0 aliphatic rings. The van der Waals surface area contributed by atoms with E-state index in [0.29, 0.717) is 28.0 Å². The number of benzene rings is 2. The summed E-state index contributed by atoms with van der Waals surface area (Å²) in [6.07, 6.45) is 0.420. The third-order valence-electron chi connectivity index (χ3n) is 4.63. The molecule has 1 heterocycles. The maximum absolute atomic E-state index is 13.7. The van der Waals surface area contributed by atoms with E-state index in [-0.39, 0.29) is 13.2 Å². The first-order chi connectivity index (χ1) is 15.6. The van der Waals surface area contributed by atoms with Gasteiger partial charge in [-0.15, -0.1) is 0 Å². The smallest absolute Gasteiger partial charge is 0.419 e. The topological polar surface area (TPSA) is 70.0 Å². The van der Waals surface area contributed by atoms with Crippen molar-refractivity contribution in [3.63, 3.8) is 0 Å². The fraction of sp³-hybridized carbons (Fsp3) is 0.280. The first-order valence-electron chi connectivity index (χ1n) is 10.4. The van der Waals surface area contributed by atoms with Gasteiger partial charge in [0.2, 0.25) is 0 Å². The van der Waals surface area contributed by atoms with Gasteiger partial charge in [0.05, 0.1) is 11.2 Å². The Morgan fingerprint density at radius 1 is 1.12 bits per heavy atom. The number of hydrogen-bond donors (Lipinski definition) is 0. The molecule has 174 valence electrons. The predicted molar refractivity (Wildman–Crippen MR) is 124 cm³/mol. The van der Waals surface area contributed by atoms with E-state index >= 15 is 0 Å². The molecule has 0 unspecified atom stereocenters. The van der Waals surface area contributed by atoms with Crippen LogP contribution in [0.2, 0.25) is 0 Å². The van der Waals surface area contributed by atoms with Crippen molar-refractivity contribution in [2.24, 2.45) is 0 Å².